The Balaban J connectivity index is 2.17. The summed E-state index contributed by atoms with van der Waals surface area (Å²) in [6.45, 7) is -0.287. The highest BCUT2D eigenvalue weighted by molar-refractivity contribution is 5.74. The van der Waals surface area contributed by atoms with E-state index in [4.69, 9.17) is 0 Å². The first-order valence-corrected chi connectivity index (χ1v) is 4.96. The summed E-state index contributed by atoms with van der Waals surface area (Å²) in [7, 11) is 0. The molecule has 0 aromatic heterocycles. The van der Waals surface area contributed by atoms with Gasteiger partial charge in [0.05, 0.1) is 6.67 Å². The lowest BCUT2D eigenvalue weighted by Crippen LogP contribution is -2.03. The lowest BCUT2D eigenvalue weighted by molar-refractivity contribution is 0.112. The molecular formula is C12H13FO. The first-order chi connectivity index (χ1) is 6.85. The van der Waals surface area contributed by atoms with E-state index in [1.165, 1.54) is 0 Å². The van der Waals surface area contributed by atoms with Gasteiger partial charge in [-0.3, -0.25) is 9.18 Å². The van der Waals surface area contributed by atoms with Crippen LogP contribution in [0.3, 0.4) is 0 Å². The van der Waals surface area contributed by atoms with Crippen molar-refractivity contribution in [3.63, 3.8) is 0 Å². The second kappa shape index (κ2) is 3.91. The molecule has 1 saturated carbocycles. The lowest BCUT2D eigenvalue weighted by atomic mass is 9.95. The summed E-state index contributed by atoms with van der Waals surface area (Å²) < 4.78 is 12.7. The summed E-state index contributed by atoms with van der Waals surface area (Å²) in [5, 5.41) is 0. The molecule has 2 rings (SSSR count). The Morgan fingerprint density at radius 2 is 2.00 bits per heavy atom. The third-order valence-corrected chi connectivity index (χ3v) is 2.86. The fourth-order valence-corrected chi connectivity index (χ4v) is 1.81. The Hall–Kier alpha value is -1.18. The molecule has 0 N–H and O–H groups in total. The third kappa shape index (κ3) is 1.84. The quantitative estimate of drug-likeness (QED) is 0.670. The molecule has 0 saturated heterocycles. The van der Waals surface area contributed by atoms with E-state index in [0.29, 0.717) is 11.5 Å². The van der Waals surface area contributed by atoms with Crippen LogP contribution in [0.2, 0.25) is 0 Å². The largest absolute Gasteiger partial charge is 0.298 e. The minimum absolute atomic E-state index is 0.0516. The van der Waals surface area contributed by atoms with Gasteiger partial charge in [0.1, 0.15) is 6.29 Å². The van der Waals surface area contributed by atoms with Crippen molar-refractivity contribution in [1.29, 1.82) is 0 Å². The molecule has 1 aromatic carbocycles. The molecule has 74 valence electrons. The second-order valence-corrected chi connectivity index (χ2v) is 3.88. The second-order valence-electron chi connectivity index (χ2n) is 3.88. The van der Waals surface area contributed by atoms with Crippen molar-refractivity contribution in [3.8, 4) is 0 Å². The maximum absolute atomic E-state index is 12.7. The van der Waals surface area contributed by atoms with Crippen LogP contribution in [0.5, 0.6) is 0 Å². The van der Waals surface area contributed by atoms with Crippen molar-refractivity contribution in [2.75, 3.05) is 6.67 Å². The van der Waals surface area contributed by atoms with Gasteiger partial charge in [0.25, 0.3) is 0 Å². The van der Waals surface area contributed by atoms with Crippen molar-refractivity contribution < 1.29 is 9.18 Å². The molecule has 1 aliphatic rings. The van der Waals surface area contributed by atoms with Crippen LogP contribution < -0.4 is 0 Å². The Bertz CT molecular complexity index is 314. The number of alkyl halides is 1. The van der Waals surface area contributed by atoms with Crippen LogP contribution >= 0.6 is 0 Å². The van der Waals surface area contributed by atoms with Gasteiger partial charge >= 0.3 is 0 Å². The standard InChI is InChI=1S/C12H13FO/c13-7-12(11-5-6-11)10-3-1-9(8-14)2-4-10/h1-4,8,11-12H,5-7H2. The van der Waals surface area contributed by atoms with E-state index < -0.39 is 0 Å². The maximum atomic E-state index is 12.7. The number of hydrogen-bond acceptors (Lipinski definition) is 1. The fourth-order valence-electron chi connectivity index (χ4n) is 1.81. The molecule has 1 nitrogen and oxygen atoms in total. The third-order valence-electron chi connectivity index (χ3n) is 2.86. The minimum Gasteiger partial charge on any atom is -0.298 e. The van der Waals surface area contributed by atoms with Crippen molar-refractivity contribution in [1.82, 2.24) is 0 Å². The van der Waals surface area contributed by atoms with Crippen LogP contribution in [0, 0.1) is 5.92 Å². The fraction of sp³-hybridized carbons (Fsp3) is 0.417. The van der Waals surface area contributed by atoms with Crippen molar-refractivity contribution in [2.45, 2.75) is 18.8 Å². The Morgan fingerprint density at radius 3 is 2.43 bits per heavy atom. The van der Waals surface area contributed by atoms with E-state index in [2.05, 4.69) is 0 Å². The summed E-state index contributed by atoms with van der Waals surface area (Å²) in [5.41, 5.74) is 1.68. The number of rotatable bonds is 4. The van der Waals surface area contributed by atoms with Gasteiger partial charge in [-0.1, -0.05) is 24.3 Å². The van der Waals surface area contributed by atoms with E-state index in [9.17, 15) is 9.18 Å². The van der Waals surface area contributed by atoms with Gasteiger partial charge in [-0.25, -0.2) is 0 Å². The predicted octanol–water partition coefficient (Wildman–Crippen LogP) is 2.96. The number of aldehydes is 1. The van der Waals surface area contributed by atoms with E-state index in [-0.39, 0.29) is 12.6 Å². The number of carbonyl (C=O) groups is 1. The molecule has 1 atom stereocenters. The predicted molar refractivity (Wildman–Crippen MR) is 53.3 cm³/mol. The highest BCUT2D eigenvalue weighted by atomic mass is 19.1. The van der Waals surface area contributed by atoms with Crippen molar-refractivity contribution in [3.05, 3.63) is 35.4 Å². The van der Waals surface area contributed by atoms with Crippen LogP contribution in [-0.2, 0) is 0 Å². The van der Waals surface area contributed by atoms with E-state index in [1.807, 2.05) is 12.1 Å². The molecule has 1 aliphatic carbocycles. The number of benzene rings is 1. The zero-order valence-corrected chi connectivity index (χ0v) is 7.95. The van der Waals surface area contributed by atoms with Gasteiger partial charge in [0.2, 0.25) is 0 Å². The number of hydrogen-bond donors (Lipinski definition) is 0. The molecule has 2 heteroatoms. The molecule has 1 aromatic rings. The summed E-state index contributed by atoms with van der Waals surface area (Å²) in [4.78, 5) is 10.4. The van der Waals surface area contributed by atoms with Gasteiger partial charge in [0, 0.05) is 11.5 Å². The topological polar surface area (TPSA) is 17.1 Å². The molecule has 0 radical (unpaired) electrons. The molecule has 0 heterocycles. The van der Waals surface area contributed by atoms with Gasteiger partial charge in [-0.05, 0) is 24.3 Å². The number of carbonyl (C=O) groups excluding carboxylic acids is 1. The summed E-state index contributed by atoms with van der Waals surface area (Å²) in [6, 6.07) is 7.25. The molecule has 0 aliphatic heterocycles. The van der Waals surface area contributed by atoms with Crippen LogP contribution in [-0.4, -0.2) is 13.0 Å². The highest BCUT2D eigenvalue weighted by Gasteiger charge is 2.32. The van der Waals surface area contributed by atoms with Crippen molar-refractivity contribution >= 4 is 6.29 Å². The van der Waals surface area contributed by atoms with Gasteiger partial charge < -0.3 is 0 Å². The zero-order valence-electron chi connectivity index (χ0n) is 7.95. The lowest BCUT2D eigenvalue weighted by Gasteiger charge is -2.11. The van der Waals surface area contributed by atoms with E-state index in [0.717, 1.165) is 24.7 Å². The van der Waals surface area contributed by atoms with Crippen molar-refractivity contribution in [2.24, 2.45) is 5.92 Å². The first-order valence-electron chi connectivity index (χ1n) is 4.96. The molecular weight excluding hydrogens is 179 g/mol. The zero-order chi connectivity index (χ0) is 9.97. The average Bonchev–Trinajstić information content (AvgIpc) is 3.04. The average molecular weight is 192 g/mol. The smallest absolute Gasteiger partial charge is 0.150 e. The van der Waals surface area contributed by atoms with Crippen LogP contribution in [0.15, 0.2) is 24.3 Å². The summed E-state index contributed by atoms with van der Waals surface area (Å²) in [5.74, 6) is 0.581. The Morgan fingerprint density at radius 1 is 1.36 bits per heavy atom. The SMILES string of the molecule is O=Cc1ccc(C(CF)C2CC2)cc1. The molecule has 0 bridgehead atoms. The van der Waals surface area contributed by atoms with Crippen LogP contribution in [0.1, 0.15) is 34.7 Å². The van der Waals surface area contributed by atoms with Gasteiger partial charge in [-0.2, -0.15) is 0 Å². The summed E-state index contributed by atoms with van der Waals surface area (Å²) in [6.07, 6.45) is 3.10. The molecule has 1 unspecified atom stereocenters. The molecule has 0 amide bonds. The first kappa shape index (κ1) is 9.38. The highest BCUT2D eigenvalue weighted by Crippen LogP contribution is 2.42. The monoisotopic (exact) mass is 192 g/mol. The van der Waals surface area contributed by atoms with Gasteiger partial charge in [0.15, 0.2) is 0 Å². The number of halogens is 1. The van der Waals surface area contributed by atoms with Gasteiger partial charge in [-0.15, -0.1) is 0 Å². The minimum atomic E-state index is -0.287. The van der Waals surface area contributed by atoms with Crippen LogP contribution in [0.4, 0.5) is 4.39 Å². The van der Waals surface area contributed by atoms with E-state index >= 15 is 0 Å². The summed E-state index contributed by atoms with van der Waals surface area (Å²) >= 11 is 0. The molecule has 14 heavy (non-hydrogen) atoms. The van der Waals surface area contributed by atoms with Crippen LogP contribution in [0.25, 0.3) is 0 Å². The molecule has 1 fully saturated rings. The normalized spacial score (nSPS) is 17.8. The Kier molecular flexibility index (Phi) is 2.62. The van der Waals surface area contributed by atoms with E-state index in [1.54, 1.807) is 12.1 Å². The Labute approximate surface area is 82.9 Å². The maximum Gasteiger partial charge on any atom is 0.150 e. The molecule has 0 spiro atoms.